The number of carbonyl (C=O) groups excluding carboxylic acids is 6. The molecule has 4 amide bonds. The summed E-state index contributed by atoms with van der Waals surface area (Å²) in [6.45, 7) is 4.96. The Kier molecular flexibility index (Phi) is 10.0. The monoisotopic (exact) mass is 531 g/mol. The second-order valence-corrected chi connectivity index (χ2v) is 9.93. The fourth-order valence-corrected chi connectivity index (χ4v) is 4.40. The second kappa shape index (κ2) is 13.4. The highest BCUT2D eigenvalue weighted by atomic mass is 16.2. The van der Waals surface area contributed by atoms with Crippen molar-refractivity contribution in [3.05, 3.63) is 77.9 Å². The summed E-state index contributed by atoms with van der Waals surface area (Å²) in [7, 11) is 0. The lowest BCUT2D eigenvalue weighted by Gasteiger charge is -2.26. The molecule has 4 atom stereocenters. The zero-order valence-corrected chi connectivity index (χ0v) is 22.2. The van der Waals surface area contributed by atoms with Crippen molar-refractivity contribution >= 4 is 41.3 Å². The molecule has 0 bridgehead atoms. The van der Waals surface area contributed by atoms with E-state index in [2.05, 4.69) is 16.0 Å². The van der Waals surface area contributed by atoms with Gasteiger partial charge in [-0.1, -0.05) is 87.5 Å². The summed E-state index contributed by atoms with van der Waals surface area (Å²) in [5.41, 5.74) is 1.48. The quantitative estimate of drug-likeness (QED) is 0.219. The maximum Gasteiger partial charge on any atom is 0.238 e. The second-order valence-electron chi connectivity index (χ2n) is 9.93. The summed E-state index contributed by atoms with van der Waals surface area (Å²) in [5.74, 6) is -5.55. The molecule has 0 saturated carbocycles. The topological polar surface area (TPSA) is 139 Å². The number of benzene rings is 2. The highest BCUT2D eigenvalue weighted by Gasteiger charge is 2.46. The van der Waals surface area contributed by atoms with Crippen molar-refractivity contribution in [2.75, 3.05) is 0 Å². The normalized spacial score (nSPS) is 18.5. The molecule has 2 aromatic rings. The van der Waals surface area contributed by atoms with E-state index in [1.165, 1.54) is 13.0 Å². The van der Waals surface area contributed by atoms with Crippen molar-refractivity contribution in [3.8, 4) is 0 Å². The average molecular weight is 532 g/mol. The largest absolute Gasteiger partial charge is 0.348 e. The van der Waals surface area contributed by atoms with Crippen molar-refractivity contribution in [2.45, 2.75) is 45.7 Å². The average Bonchev–Trinajstić information content (AvgIpc) is 3.16. The Morgan fingerprint density at radius 3 is 2.05 bits per heavy atom. The number of allylic oxidation sites excluding steroid dienone is 1. The van der Waals surface area contributed by atoms with Crippen molar-refractivity contribution in [3.63, 3.8) is 0 Å². The van der Waals surface area contributed by atoms with E-state index in [9.17, 15) is 28.8 Å². The van der Waals surface area contributed by atoms with Gasteiger partial charge < -0.3 is 10.6 Å². The highest BCUT2D eigenvalue weighted by Crippen LogP contribution is 2.24. The van der Waals surface area contributed by atoms with Crippen LogP contribution in [0.15, 0.2) is 66.7 Å². The van der Waals surface area contributed by atoms with Crippen LogP contribution in [0.3, 0.4) is 0 Å². The lowest BCUT2D eigenvalue weighted by Crippen LogP contribution is -2.49. The Bertz CT molecular complexity index is 1260. The molecule has 204 valence electrons. The maximum atomic E-state index is 13.2. The number of rotatable bonds is 12. The minimum Gasteiger partial charge on any atom is -0.348 e. The van der Waals surface area contributed by atoms with Crippen molar-refractivity contribution in [1.82, 2.24) is 16.0 Å². The van der Waals surface area contributed by atoms with E-state index in [1.807, 2.05) is 30.3 Å². The molecule has 0 spiro atoms. The van der Waals surface area contributed by atoms with Crippen LogP contribution in [-0.4, -0.2) is 41.2 Å². The molecule has 1 fully saturated rings. The van der Waals surface area contributed by atoms with Gasteiger partial charge in [0.05, 0.1) is 30.8 Å². The van der Waals surface area contributed by atoms with Gasteiger partial charge in [-0.25, -0.2) is 0 Å². The molecule has 3 N–H and O–H groups in total. The maximum absolute atomic E-state index is 13.2. The lowest BCUT2D eigenvalue weighted by atomic mass is 9.85. The predicted octanol–water partition coefficient (Wildman–Crippen LogP) is 2.53. The van der Waals surface area contributed by atoms with E-state index in [-0.39, 0.29) is 12.3 Å². The number of imide groups is 1. The minimum atomic E-state index is -1.18. The number of ketones is 2. The molecule has 39 heavy (non-hydrogen) atoms. The molecule has 9 nitrogen and oxygen atoms in total. The first-order chi connectivity index (χ1) is 18.6. The molecular weight excluding hydrogens is 498 g/mol. The van der Waals surface area contributed by atoms with Crippen molar-refractivity contribution in [1.29, 1.82) is 0 Å². The van der Waals surface area contributed by atoms with Gasteiger partial charge in [0.15, 0.2) is 11.6 Å². The number of carbonyl (C=O) groups is 6. The van der Waals surface area contributed by atoms with Crippen molar-refractivity contribution < 1.29 is 28.8 Å². The number of Topliss-reactive ketones (excluding diaryl/α,β-unsaturated/α-hetero) is 1. The smallest absolute Gasteiger partial charge is 0.238 e. The van der Waals surface area contributed by atoms with Crippen LogP contribution in [0.25, 0.3) is 6.08 Å². The zero-order valence-electron chi connectivity index (χ0n) is 22.2. The molecule has 0 unspecified atom stereocenters. The zero-order chi connectivity index (χ0) is 28.5. The molecule has 1 aliphatic rings. The molecule has 1 aliphatic heterocycles. The third kappa shape index (κ3) is 8.04. The summed E-state index contributed by atoms with van der Waals surface area (Å²) in [4.78, 5) is 75.4. The Balaban J connectivity index is 1.67. The van der Waals surface area contributed by atoms with E-state index in [4.69, 9.17) is 0 Å². The first-order valence-electron chi connectivity index (χ1n) is 12.8. The summed E-state index contributed by atoms with van der Waals surface area (Å²) < 4.78 is 0. The molecule has 2 aromatic carbocycles. The first kappa shape index (κ1) is 29.2. The molecule has 1 saturated heterocycles. The fourth-order valence-electron chi connectivity index (χ4n) is 4.40. The number of nitrogens with one attached hydrogen (secondary N) is 3. The highest BCUT2D eigenvalue weighted by molar-refractivity contribution is 6.16. The molecule has 3 rings (SSSR count). The van der Waals surface area contributed by atoms with Crippen LogP contribution in [0.4, 0.5) is 0 Å². The van der Waals surface area contributed by atoms with Crippen LogP contribution < -0.4 is 16.0 Å². The lowest BCUT2D eigenvalue weighted by molar-refractivity contribution is -0.137. The van der Waals surface area contributed by atoms with Crippen LogP contribution in [0.5, 0.6) is 0 Å². The van der Waals surface area contributed by atoms with Gasteiger partial charge in [0.2, 0.25) is 23.6 Å². The Labute approximate surface area is 227 Å². The van der Waals surface area contributed by atoms with Crippen LogP contribution >= 0.6 is 0 Å². The molecule has 0 aliphatic carbocycles. The van der Waals surface area contributed by atoms with Crippen LogP contribution in [0.1, 0.15) is 50.8 Å². The molecule has 0 aromatic heterocycles. The molecule has 9 heteroatoms. The standard InChI is InChI=1S/C30H33N3O6/c1-18(2)27(28(37)26-19(3)29(38)33-30(26)39)32-25(36)17-23(21-12-8-5-9-13-21)31-24(35)16-22(34)15-14-20-10-6-4-7-11-20/h4-15,18-19,23,26-27H,16-17H2,1-3H3,(H,31,35)(H,32,36)(H,33,38,39)/b15-14+/t19-,23-,26+,27-/m0/s1. The fraction of sp³-hybridized carbons (Fsp3) is 0.333. The van der Waals surface area contributed by atoms with Gasteiger partial charge in [-0.05, 0) is 23.1 Å². The van der Waals surface area contributed by atoms with Gasteiger partial charge in [-0.2, -0.15) is 0 Å². The summed E-state index contributed by atoms with van der Waals surface area (Å²) in [6.07, 6.45) is 2.36. The van der Waals surface area contributed by atoms with Crippen molar-refractivity contribution in [2.24, 2.45) is 17.8 Å². The van der Waals surface area contributed by atoms with Crippen LogP contribution in [0.2, 0.25) is 0 Å². The van der Waals surface area contributed by atoms with E-state index in [1.54, 1.807) is 50.3 Å². The third-order valence-corrected chi connectivity index (χ3v) is 6.56. The molecule has 0 radical (unpaired) electrons. The van der Waals surface area contributed by atoms with E-state index >= 15 is 0 Å². The number of hydrogen-bond acceptors (Lipinski definition) is 6. The van der Waals surface area contributed by atoms with Crippen LogP contribution in [-0.2, 0) is 28.8 Å². The predicted molar refractivity (Wildman–Crippen MR) is 145 cm³/mol. The summed E-state index contributed by atoms with van der Waals surface area (Å²) >= 11 is 0. The van der Waals surface area contributed by atoms with E-state index < -0.39 is 65.5 Å². The van der Waals surface area contributed by atoms with Crippen LogP contribution in [0, 0.1) is 17.8 Å². The van der Waals surface area contributed by atoms with E-state index in [0.717, 1.165) is 5.56 Å². The SMILES string of the molecule is CC(C)[C@H](NC(=O)C[C@H](NC(=O)CC(=O)/C=C/c1ccccc1)c1ccccc1)C(=O)[C@@H]1C(=O)NC(=O)[C@H]1C. The van der Waals surface area contributed by atoms with E-state index in [0.29, 0.717) is 5.56 Å². The third-order valence-electron chi connectivity index (χ3n) is 6.56. The summed E-state index contributed by atoms with van der Waals surface area (Å²) in [5, 5.41) is 7.61. The molecule has 1 heterocycles. The van der Waals surface area contributed by atoms with Gasteiger partial charge >= 0.3 is 0 Å². The number of hydrogen-bond donors (Lipinski definition) is 3. The minimum absolute atomic E-state index is 0.203. The number of amides is 4. The Morgan fingerprint density at radius 1 is 0.872 bits per heavy atom. The Morgan fingerprint density at radius 2 is 1.49 bits per heavy atom. The van der Waals surface area contributed by atoms with Gasteiger partial charge in [0.1, 0.15) is 5.92 Å². The van der Waals surface area contributed by atoms with Gasteiger partial charge in [0.25, 0.3) is 0 Å². The first-order valence-corrected chi connectivity index (χ1v) is 12.8. The van der Waals surface area contributed by atoms with Gasteiger partial charge in [0, 0.05) is 0 Å². The summed E-state index contributed by atoms with van der Waals surface area (Å²) in [6, 6.07) is 16.3. The van der Waals surface area contributed by atoms with Gasteiger partial charge in [-0.15, -0.1) is 0 Å². The molecular formula is C30H33N3O6. The Hall–Kier alpha value is -4.40. The van der Waals surface area contributed by atoms with Gasteiger partial charge in [-0.3, -0.25) is 34.1 Å².